The highest BCUT2D eigenvalue weighted by Crippen LogP contribution is 2.26. The molecule has 29 heavy (non-hydrogen) atoms. The Balaban J connectivity index is 1.57. The van der Waals surface area contributed by atoms with Crippen molar-refractivity contribution < 1.29 is 9.59 Å². The van der Waals surface area contributed by atoms with E-state index in [2.05, 4.69) is 36.3 Å². The lowest BCUT2D eigenvalue weighted by Gasteiger charge is -2.10. The van der Waals surface area contributed by atoms with E-state index in [1.165, 1.54) is 6.08 Å². The molecule has 5 rings (SSSR count). The van der Waals surface area contributed by atoms with Crippen molar-refractivity contribution in [2.45, 2.75) is 18.9 Å². The average Bonchev–Trinajstić information content (AvgIpc) is 3.31. The topological polar surface area (TPSA) is 125 Å². The SMILES string of the molecule is O=C1NC(=O)/C(=C\c2cnn3c(NC4CC4)nc(Nc4cccc(Cl)c4)nc23)N1. The lowest BCUT2D eigenvalue weighted by atomic mass is 10.2. The smallest absolute Gasteiger partial charge is 0.326 e. The van der Waals surface area contributed by atoms with E-state index in [0.29, 0.717) is 34.2 Å². The molecule has 2 aliphatic rings. The van der Waals surface area contributed by atoms with Crippen LogP contribution in [0.4, 0.5) is 22.4 Å². The first kappa shape index (κ1) is 17.4. The number of nitrogens with zero attached hydrogens (tertiary/aromatic N) is 4. The number of hydrogen-bond donors (Lipinski definition) is 4. The Morgan fingerprint density at radius 3 is 2.79 bits per heavy atom. The molecule has 11 heteroatoms. The van der Waals surface area contributed by atoms with Crippen molar-refractivity contribution in [3.05, 3.63) is 46.7 Å². The van der Waals surface area contributed by atoms with Gasteiger partial charge in [0.25, 0.3) is 5.91 Å². The molecular weight excluding hydrogens is 396 g/mol. The molecule has 2 fully saturated rings. The number of imide groups is 1. The summed E-state index contributed by atoms with van der Waals surface area (Å²) in [5.41, 5.74) is 1.91. The Kier molecular flexibility index (Phi) is 4.06. The van der Waals surface area contributed by atoms with Crippen LogP contribution in [0.3, 0.4) is 0 Å². The fourth-order valence-corrected chi connectivity index (χ4v) is 3.08. The van der Waals surface area contributed by atoms with Crippen molar-refractivity contribution in [3.8, 4) is 0 Å². The summed E-state index contributed by atoms with van der Waals surface area (Å²) in [5, 5.41) is 16.0. The molecule has 1 saturated heterocycles. The van der Waals surface area contributed by atoms with Crippen LogP contribution in [0.15, 0.2) is 36.2 Å². The second kappa shape index (κ2) is 6.74. The van der Waals surface area contributed by atoms with Crippen molar-refractivity contribution in [2.75, 3.05) is 10.6 Å². The lowest BCUT2D eigenvalue weighted by molar-refractivity contribution is -0.115. The highest BCUT2D eigenvalue weighted by molar-refractivity contribution is 6.30. The Hall–Kier alpha value is -3.66. The summed E-state index contributed by atoms with van der Waals surface area (Å²) >= 11 is 6.06. The molecule has 1 aromatic carbocycles. The maximum atomic E-state index is 11.8. The van der Waals surface area contributed by atoms with Crippen LogP contribution in [0.2, 0.25) is 5.02 Å². The van der Waals surface area contributed by atoms with Gasteiger partial charge in [-0.3, -0.25) is 10.1 Å². The summed E-state index contributed by atoms with van der Waals surface area (Å²) in [6.45, 7) is 0. The molecule has 3 aromatic rings. The van der Waals surface area contributed by atoms with Crippen LogP contribution in [0, 0.1) is 0 Å². The number of benzene rings is 1. The third-order valence-electron chi connectivity index (χ3n) is 4.41. The molecule has 0 radical (unpaired) electrons. The Bertz CT molecular complexity index is 1180. The Morgan fingerprint density at radius 1 is 1.21 bits per heavy atom. The lowest BCUT2D eigenvalue weighted by Crippen LogP contribution is -2.22. The molecule has 2 aromatic heterocycles. The Morgan fingerprint density at radius 2 is 2.07 bits per heavy atom. The largest absolute Gasteiger partial charge is 0.351 e. The minimum absolute atomic E-state index is 0.129. The van der Waals surface area contributed by atoms with Crippen molar-refractivity contribution in [1.82, 2.24) is 30.2 Å². The molecule has 146 valence electrons. The molecule has 3 heterocycles. The zero-order chi connectivity index (χ0) is 20.0. The first-order chi connectivity index (χ1) is 14.0. The van der Waals surface area contributed by atoms with Gasteiger partial charge in [0.2, 0.25) is 11.9 Å². The predicted octanol–water partition coefficient (Wildman–Crippen LogP) is 2.28. The number of fused-ring (bicyclic) bond motifs is 1. The highest BCUT2D eigenvalue weighted by atomic mass is 35.5. The van der Waals surface area contributed by atoms with Crippen LogP contribution in [-0.4, -0.2) is 37.6 Å². The fourth-order valence-electron chi connectivity index (χ4n) is 2.89. The number of anilines is 3. The van der Waals surface area contributed by atoms with Gasteiger partial charge in [-0.25, -0.2) is 4.79 Å². The summed E-state index contributed by atoms with van der Waals surface area (Å²) in [4.78, 5) is 32.3. The van der Waals surface area contributed by atoms with Crippen LogP contribution in [0.25, 0.3) is 11.7 Å². The van der Waals surface area contributed by atoms with E-state index in [-0.39, 0.29) is 5.70 Å². The number of carbonyl (C=O) groups is 2. The normalized spacial score (nSPS) is 17.5. The van der Waals surface area contributed by atoms with Gasteiger partial charge in [-0.05, 0) is 37.1 Å². The van der Waals surface area contributed by atoms with Gasteiger partial charge in [0.1, 0.15) is 5.70 Å². The number of rotatable bonds is 5. The van der Waals surface area contributed by atoms with Gasteiger partial charge in [0, 0.05) is 22.3 Å². The molecule has 1 saturated carbocycles. The highest BCUT2D eigenvalue weighted by Gasteiger charge is 2.26. The summed E-state index contributed by atoms with van der Waals surface area (Å²) < 4.78 is 1.57. The summed E-state index contributed by atoms with van der Waals surface area (Å²) in [6.07, 6.45) is 5.22. The molecule has 1 aliphatic heterocycles. The standard InChI is InChI=1S/C18H15ClN8O2/c19-10-2-1-3-12(7-10)21-16-24-14-9(6-13-15(28)25-18(29)23-13)8-20-27(14)17(26-16)22-11-4-5-11/h1-3,6-8,11H,4-5H2,(H2,21,22,24,26)(H2,23,25,28,29)/b13-6+. The number of aromatic nitrogens is 4. The number of hydrogen-bond acceptors (Lipinski definition) is 7. The Labute approximate surface area is 169 Å². The van der Waals surface area contributed by atoms with Crippen LogP contribution in [0.1, 0.15) is 18.4 Å². The summed E-state index contributed by atoms with van der Waals surface area (Å²) in [7, 11) is 0. The van der Waals surface area contributed by atoms with Crippen molar-refractivity contribution in [2.24, 2.45) is 0 Å². The zero-order valence-electron chi connectivity index (χ0n) is 14.9. The third-order valence-corrected chi connectivity index (χ3v) is 4.64. The molecule has 4 N–H and O–H groups in total. The fraction of sp³-hybridized carbons (Fsp3) is 0.167. The maximum Gasteiger partial charge on any atom is 0.326 e. The van der Waals surface area contributed by atoms with Crippen LogP contribution < -0.4 is 21.3 Å². The van der Waals surface area contributed by atoms with Gasteiger partial charge in [-0.2, -0.15) is 19.6 Å². The molecule has 1 aliphatic carbocycles. The van der Waals surface area contributed by atoms with Gasteiger partial charge in [0.05, 0.1) is 6.20 Å². The number of carbonyl (C=O) groups excluding carboxylic acids is 2. The van der Waals surface area contributed by atoms with Crippen molar-refractivity contribution in [3.63, 3.8) is 0 Å². The second-order valence-corrected chi connectivity index (χ2v) is 7.16. The van der Waals surface area contributed by atoms with Crippen LogP contribution in [0.5, 0.6) is 0 Å². The van der Waals surface area contributed by atoms with Gasteiger partial charge < -0.3 is 16.0 Å². The van der Waals surface area contributed by atoms with Gasteiger partial charge in [-0.15, -0.1) is 0 Å². The monoisotopic (exact) mass is 410 g/mol. The number of nitrogens with one attached hydrogen (secondary N) is 4. The number of amides is 3. The molecule has 0 bridgehead atoms. The van der Waals surface area contributed by atoms with E-state index in [1.807, 2.05) is 12.1 Å². The second-order valence-electron chi connectivity index (χ2n) is 6.73. The zero-order valence-corrected chi connectivity index (χ0v) is 15.7. The average molecular weight is 411 g/mol. The molecule has 0 unspecified atom stereocenters. The van der Waals surface area contributed by atoms with Gasteiger partial charge in [-0.1, -0.05) is 17.7 Å². The van der Waals surface area contributed by atoms with Crippen molar-refractivity contribution in [1.29, 1.82) is 0 Å². The summed E-state index contributed by atoms with van der Waals surface area (Å²) in [6, 6.07) is 7.00. The van der Waals surface area contributed by atoms with Gasteiger partial charge >= 0.3 is 6.03 Å². The molecule has 0 spiro atoms. The number of urea groups is 1. The van der Waals surface area contributed by atoms with Crippen LogP contribution >= 0.6 is 11.6 Å². The molecule has 3 amide bonds. The maximum absolute atomic E-state index is 11.8. The van der Waals surface area contributed by atoms with E-state index < -0.39 is 11.9 Å². The van der Waals surface area contributed by atoms with E-state index in [4.69, 9.17) is 11.6 Å². The van der Waals surface area contributed by atoms with Crippen molar-refractivity contribution >= 4 is 52.8 Å². The molecular formula is C18H15ClN8O2. The van der Waals surface area contributed by atoms with E-state index in [1.54, 1.807) is 22.8 Å². The molecule has 10 nitrogen and oxygen atoms in total. The first-order valence-electron chi connectivity index (χ1n) is 8.94. The number of halogens is 1. The minimum Gasteiger partial charge on any atom is -0.351 e. The summed E-state index contributed by atoms with van der Waals surface area (Å²) in [5.74, 6) is 0.381. The van der Waals surface area contributed by atoms with E-state index in [0.717, 1.165) is 18.5 Å². The first-order valence-corrected chi connectivity index (χ1v) is 9.32. The minimum atomic E-state index is -0.563. The van der Waals surface area contributed by atoms with Gasteiger partial charge in [0.15, 0.2) is 5.65 Å². The predicted molar refractivity (Wildman–Crippen MR) is 107 cm³/mol. The van der Waals surface area contributed by atoms with E-state index in [9.17, 15) is 9.59 Å². The van der Waals surface area contributed by atoms with E-state index >= 15 is 0 Å². The quantitative estimate of drug-likeness (QED) is 0.375. The third kappa shape index (κ3) is 3.57. The molecule has 0 atom stereocenters. The van der Waals surface area contributed by atoms with Crippen LogP contribution in [-0.2, 0) is 4.79 Å².